The van der Waals surface area contributed by atoms with Crippen LogP contribution in [0.1, 0.15) is 29.2 Å². The van der Waals surface area contributed by atoms with E-state index >= 15 is 0 Å². The standard InChI is InChI=1S/C19H24BrN/c1-4-21-19(12-16-7-9-18(20)10-8-16)13-17-11-14(2)5-6-15(17)3/h5-11,19,21H,4,12-13H2,1-3H3. The van der Waals surface area contributed by atoms with Gasteiger partial charge in [0, 0.05) is 10.5 Å². The van der Waals surface area contributed by atoms with Gasteiger partial charge in [0.2, 0.25) is 0 Å². The molecule has 2 aromatic carbocycles. The van der Waals surface area contributed by atoms with Gasteiger partial charge in [0.05, 0.1) is 0 Å². The van der Waals surface area contributed by atoms with Crippen molar-refractivity contribution in [2.75, 3.05) is 6.54 Å². The van der Waals surface area contributed by atoms with E-state index in [1.165, 1.54) is 22.3 Å². The maximum absolute atomic E-state index is 3.63. The van der Waals surface area contributed by atoms with Crippen LogP contribution in [0.25, 0.3) is 0 Å². The van der Waals surface area contributed by atoms with Gasteiger partial charge in [-0.3, -0.25) is 0 Å². The van der Waals surface area contributed by atoms with Gasteiger partial charge >= 0.3 is 0 Å². The van der Waals surface area contributed by atoms with Crippen LogP contribution in [0.5, 0.6) is 0 Å². The van der Waals surface area contributed by atoms with E-state index in [9.17, 15) is 0 Å². The largest absolute Gasteiger partial charge is 0.314 e. The van der Waals surface area contributed by atoms with Gasteiger partial charge in [0.15, 0.2) is 0 Å². The highest BCUT2D eigenvalue weighted by Crippen LogP contribution is 2.16. The molecule has 1 nitrogen and oxygen atoms in total. The minimum atomic E-state index is 0.483. The second-order valence-corrected chi connectivity index (χ2v) is 6.63. The number of rotatable bonds is 6. The van der Waals surface area contributed by atoms with Gasteiger partial charge in [-0.05, 0) is 62.1 Å². The zero-order valence-electron chi connectivity index (χ0n) is 13.1. The minimum absolute atomic E-state index is 0.483. The fourth-order valence-electron chi connectivity index (χ4n) is 2.70. The Kier molecular flexibility index (Phi) is 6.01. The lowest BCUT2D eigenvalue weighted by molar-refractivity contribution is 0.520. The molecule has 0 spiro atoms. The van der Waals surface area contributed by atoms with E-state index in [4.69, 9.17) is 0 Å². The Balaban J connectivity index is 2.11. The van der Waals surface area contributed by atoms with E-state index < -0.39 is 0 Å². The lowest BCUT2D eigenvalue weighted by Crippen LogP contribution is -2.33. The number of benzene rings is 2. The lowest BCUT2D eigenvalue weighted by atomic mass is 9.95. The van der Waals surface area contributed by atoms with E-state index in [1.807, 2.05) is 0 Å². The molecule has 112 valence electrons. The van der Waals surface area contributed by atoms with Crippen LogP contribution in [0.15, 0.2) is 46.9 Å². The molecule has 21 heavy (non-hydrogen) atoms. The maximum Gasteiger partial charge on any atom is 0.0175 e. The molecule has 0 aliphatic rings. The monoisotopic (exact) mass is 345 g/mol. The highest BCUT2D eigenvalue weighted by Gasteiger charge is 2.11. The molecule has 1 N–H and O–H groups in total. The predicted molar refractivity (Wildman–Crippen MR) is 94.9 cm³/mol. The smallest absolute Gasteiger partial charge is 0.0175 e. The van der Waals surface area contributed by atoms with Gasteiger partial charge in [-0.25, -0.2) is 0 Å². The van der Waals surface area contributed by atoms with Crippen LogP contribution in [0.3, 0.4) is 0 Å². The van der Waals surface area contributed by atoms with Crippen LogP contribution in [0.4, 0.5) is 0 Å². The molecule has 1 unspecified atom stereocenters. The van der Waals surface area contributed by atoms with E-state index in [-0.39, 0.29) is 0 Å². The van der Waals surface area contributed by atoms with Crippen molar-refractivity contribution in [2.45, 2.75) is 39.7 Å². The second-order valence-electron chi connectivity index (χ2n) is 5.72. The molecule has 0 saturated carbocycles. The summed E-state index contributed by atoms with van der Waals surface area (Å²) in [5.41, 5.74) is 5.57. The van der Waals surface area contributed by atoms with Gasteiger partial charge in [-0.15, -0.1) is 0 Å². The van der Waals surface area contributed by atoms with E-state index in [0.717, 1.165) is 23.9 Å². The summed E-state index contributed by atoms with van der Waals surface area (Å²) in [6.07, 6.45) is 2.14. The number of halogens is 1. The highest BCUT2D eigenvalue weighted by atomic mass is 79.9. The van der Waals surface area contributed by atoms with Crippen LogP contribution < -0.4 is 5.32 Å². The Morgan fingerprint density at radius 3 is 2.38 bits per heavy atom. The van der Waals surface area contributed by atoms with E-state index in [2.05, 4.69) is 84.5 Å². The number of hydrogen-bond donors (Lipinski definition) is 1. The molecule has 2 rings (SSSR count). The predicted octanol–water partition coefficient (Wildman–Crippen LogP) is 4.83. The van der Waals surface area contributed by atoms with Crippen molar-refractivity contribution in [3.63, 3.8) is 0 Å². The first-order valence-corrected chi connectivity index (χ1v) is 8.41. The van der Waals surface area contributed by atoms with E-state index in [1.54, 1.807) is 0 Å². The maximum atomic E-state index is 3.63. The molecular weight excluding hydrogens is 322 g/mol. The third kappa shape index (κ3) is 4.98. The summed E-state index contributed by atoms with van der Waals surface area (Å²) in [7, 11) is 0. The van der Waals surface area contributed by atoms with Crippen molar-refractivity contribution >= 4 is 15.9 Å². The van der Waals surface area contributed by atoms with Gasteiger partial charge in [-0.1, -0.05) is 58.7 Å². The van der Waals surface area contributed by atoms with Crippen LogP contribution in [0, 0.1) is 13.8 Å². The van der Waals surface area contributed by atoms with Gasteiger partial charge < -0.3 is 5.32 Å². The first kappa shape index (κ1) is 16.3. The average molecular weight is 346 g/mol. The molecule has 2 aromatic rings. The van der Waals surface area contributed by atoms with Crippen molar-refractivity contribution < 1.29 is 0 Å². The van der Waals surface area contributed by atoms with Crippen LogP contribution in [-0.4, -0.2) is 12.6 Å². The molecule has 2 heteroatoms. The summed E-state index contributed by atoms with van der Waals surface area (Å²) < 4.78 is 1.14. The van der Waals surface area contributed by atoms with Crippen molar-refractivity contribution in [1.29, 1.82) is 0 Å². The number of aryl methyl sites for hydroxylation is 2. The molecule has 1 atom stereocenters. The zero-order chi connectivity index (χ0) is 15.2. The van der Waals surface area contributed by atoms with Crippen LogP contribution in [-0.2, 0) is 12.8 Å². The molecular formula is C19H24BrN. The lowest BCUT2D eigenvalue weighted by Gasteiger charge is -2.20. The fourth-order valence-corrected chi connectivity index (χ4v) is 2.96. The highest BCUT2D eigenvalue weighted by molar-refractivity contribution is 9.10. The van der Waals surface area contributed by atoms with Crippen molar-refractivity contribution in [3.05, 3.63) is 69.2 Å². The van der Waals surface area contributed by atoms with Gasteiger partial charge in [0.25, 0.3) is 0 Å². The Labute approximate surface area is 136 Å². The molecule has 0 radical (unpaired) electrons. The summed E-state index contributed by atoms with van der Waals surface area (Å²) in [6.45, 7) is 7.56. The normalized spacial score (nSPS) is 12.4. The van der Waals surface area contributed by atoms with Crippen LogP contribution >= 0.6 is 15.9 Å². The quantitative estimate of drug-likeness (QED) is 0.790. The summed E-state index contributed by atoms with van der Waals surface area (Å²) in [6, 6.07) is 15.9. The Bertz CT molecular complexity index is 575. The molecule has 0 aromatic heterocycles. The molecule has 0 heterocycles. The average Bonchev–Trinajstić information content (AvgIpc) is 2.45. The van der Waals surface area contributed by atoms with Gasteiger partial charge in [0.1, 0.15) is 0 Å². The number of hydrogen-bond acceptors (Lipinski definition) is 1. The van der Waals surface area contributed by atoms with Crippen LogP contribution in [0.2, 0.25) is 0 Å². The summed E-state index contributed by atoms with van der Waals surface area (Å²) in [5, 5.41) is 3.63. The van der Waals surface area contributed by atoms with Crippen molar-refractivity contribution in [3.8, 4) is 0 Å². The molecule has 0 aliphatic heterocycles. The minimum Gasteiger partial charge on any atom is -0.314 e. The Hall–Kier alpha value is -1.12. The Morgan fingerprint density at radius 1 is 1.00 bits per heavy atom. The fraction of sp³-hybridized carbons (Fsp3) is 0.368. The third-order valence-corrected chi connectivity index (χ3v) is 4.39. The third-order valence-electron chi connectivity index (χ3n) is 3.86. The summed E-state index contributed by atoms with van der Waals surface area (Å²) in [4.78, 5) is 0. The topological polar surface area (TPSA) is 12.0 Å². The summed E-state index contributed by atoms with van der Waals surface area (Å²) >= 11 is 3.50. The molecule has 0 aliphatic carbocycles. The van der Waals surface area contributed by atoms with E-state index in [0.29, 0.717) is 6.04 Å². The SMILES string of the molecule is CCNC(Cc1ccc(Br)cc1)Cc1cc(C)ccc1C. The number of likely N-dealkylation sites (N-methyl/N-ethyl adjacent to an activating group) is 1. The van der Waals surface area contributed by atoms with Crippen molar-refractivity contribution in [2.24, 2.45) is 0 Å². The Morgan fingerprint density at radius 2 is 1.71 bits per heavy atom. The first-order chi connectivity index (χ1) is 10.1. The molecule has 0 amide bonds. The molecule has 0 fully saturated rings. The first-order valence-electron chi connectivity index (χ1n) is 7.62. The molecule has 0 saturated heterocycles. The summed E-state index contributed by atoms with van der Waals surface area (Å²) in [5.74, 6) is 0. The van der Waals surface area contributed by atoms with Crippen molar-refractivity contribution in [1.82, 2.24) is 5.32 Å². The zero-order valence-corrected chi connectivity index (χ0v) is 14.7. The number of nitrogens with one attached hydrogen (secondary N) is 1. The molecule has 0 bridgehead atoms. The van der Waals surface area contributed by atoms with Gasteiger partial charge in [-0.2, -0.15) is 0 Å². The second kappa shape index (κ2) is 7.77.